The highest BCUT2D eigenvalue weighted by atomic mass is 28.4. The van der Waals surface area contributed by atoms with Crippen LogP contribution in [0.3, 0.4) is 0 Å². The van der Waals surface area contributed by atoms with Crippen LogP contribution < -0.4 is 0 Å². The van der Waals surface area contributed by atoms with Crippen LogP contribution in [0.2, 0.25) is 19.6 Å². The molecule has 1 rings (SSSR count). The molecule has 0 atom stereocenters. The van der Waals surface area contributed by atoms with E-state index in [0.29, 0.717) is 5.95 Å². The van der Waals surface area contributed by atoms with Crippen LogP contribution in [0.1, 0.15) is 39.7 Å². The van der Waals surface area contributed by atoms with Gasteiger partial charge in [0.25, 0.3) is 5.95 Å². The fourth-order valence-corrected chi connectivity index (χ4v) is 2.53. The standard InChI is InChI=1S/C17H28O2Si/c1-8-15(14-12-10-9-11-13-14)16(18-17(2,3)4)19-20(5,6)7/h9-13H,8H2,1-7H3/b16-15+. The first-order chi connectivity index (χ1) is 9.12. The summed E-state index contributed by atoms with van der Waals surface area (Å²) in [4.78, 5) is 0. The molecular weight excluding hydrogens is 264 g/mol. The molecule has 0 saturated heterocycles. The van der Waals surface area contributed by atoms with Gasteiger partial charge < -0.3 is 9.16 Å². The van der Waals surface area contributed by atoms with Crippen LogP contribution >= 0.6 is 0 Å². The van der Waals surface area contributed by atoms with Crippen molar-refractivity contribution in [3.63, 3.8) is 0 Å². The molecule has 0 radical (unpaired) electrons. The van der Waals surface area contributed by atoms with Crippen LogP contribution in [-0.4, -0.2) is 13.9 Å². The molecule has 0 aromatic heterocycles. The predicted molar refractivity (Wildman–Crippen MR) is 88.9 cm³/mol. The van der Waals surface area contributed by atoms with Gasteiger partial charge in [-0.1, -0.05) is 37.3 Å². The molecule has 0 aliphatic rings. The topological polar surface area (TPSA) is 18.5 Å². The molecule has 0 unspecified atom stereocenters. The van der Waals surface area contributed by atoms with Crippen molar-refractivity contribution in [2.45, 2.75) is 59.4 Å². The minimum absolute atomic E-state index is 0.260. The molecule has 3 heteroatoms. The van der Waals surface area contributed by atoms with E-state index in [1.165, 1.54) is 5.56 Å². The Morgan fingerprint density at radius 1 is 1.05 bits per heavy atom. The van der Waals surface area contributed by atoms with E-state index in [0.717, 1.165) is 12.0 Å². The van der Waals surface area contributed by atoms with Gasteiger partial charge in [0.05, 0.1) is 0 Å². The monoisotopic (exact) mass is 292 g/mol. The van der Waals surface area contributed by atoms with E-state index in [9.17, 15) is 0 Å². The molecule has 0 spiro atoms. The molecule has 0 aliphatic heterocycles. The molecule has 1 aromatic rings. The van der Waals surface area contributed by atoms with Gasteiger partial charge in [-0.2, -0.15) is 0 Å². The second kappa shape index (κ2) is 6.49. The molecule has 112 valence electrons. The van der Waals surface area contributed by atoms with Crippen LogP contribution in [-0.2, 0) is 9.16 Å². The SMILES string of the molecule is CC/C(=C(/OC(C)(C)C)O[Si](C)(C)C)c1ccccc1. The van der Waals surface area contributed by atoms with E-state index in [2.05, 4.69) is 59.5 Å². The highest BCUT2D eigenvalue weighted by molar-refractivity contribution is 6.70. The lowest BCUT2D eigenvalue weighted by Crippen LogP contribution is -2.30. The van der Waals surface area contributed by atoms with Gasteiger partial charge in [-0.05, 0) is 52.4 Å². The summed E-state index contributed by atoms with van der Waals surface area (Å²) < 4.78 is 12.3. The smallest absolute Gasteiger partial charge is 0.269 e. The Bertz CT molecular complexity index is 432. The average molecular weight is 292 g/mol. The summed E-state index contributed by atoms with van der Waals surface area (Å²) in [6.45, 7) is 14.8. The zero-order valence-electron chi connectivity index (χ0n) is 13.9. The predicted octanol–water partition coefficient (Wildman–Crippen LogP) is 5.43. The number of rotatable bonds is 5. The van der Waals surface area contributed by atoms with E-state index < -0.39 is 8.32 Å². The van der Waals surface area contributed by atoms with E-state index in [1.807, 2.05) is 18.2 Å². The zero-order chi connectivity index (χ0) is 15.4. The summed E-state index contributed by atoms with van der Waals surface area (Å²) in [7, 11) is -1.71. The van der Waals surface area contributed by atoms with Gasteiger partial charge in [-0.25, -0.2) is 0 Å². The molecule has 0 heterocycles. The van der Waals surface area contributed by atoms with Crippen molar-refractivity contribution >= 4 is 13.9 Å². The van der Waals surface area contributed by atoms with Crippen molar-refractivity contribution in [2.75, 3.05) is 0 Å². The van der Waals surface area contributed by atoms with E-state index >= 15 is 0 Å². The first-order valence-corrected chi connectivity index (χ1v) is 10.7. The Balaban J connectivity index is 3.25. The summed E-state index contributed by atoms with van der Waals surface area (Å²) in [5.41, 5.74) is 2.06. The van der Waals surface area contributed by atoms with Crippen molar-refractivity contribution < 1.29 is 9.16 Å². The maximum absolute atomic E-state index is 6.22. The lowest BCUT2D eigenvalue weighted by Gasteiger charge is -2.30. The Morgan fingerprint density at radius 2 is 1.60 bits per heavy atom. The van der Waals surface area contributed by atoms with Crippen molar-refractivity contribution in [3.05, 3.63) is 41.8 Å². The summed E-state index contributed by atoms with van der Waals surface area (Å²) in [5, 5.41) is 0. The number of hydrogen-bond acceptors (Lipinski definition) is 2. The number of benzene rings is 1. The van der Waals surface area contributed by atoms with Crippen molar-refractivity contribution in [1.82, 2.24) is 0 Å². The third kappa shape index (κ3) is 5.82. The first-order valence-electron chi connectivity index (χ1n) is 7.29. The van der Waals surface area contributed by atoms with Crippen LogP contribution in [0, 0.1) is 0 Å². The number of hydrogen-bond donors (Lipinski definition) is 0. The molecular formula is C17H28O2Si. The summed E-state index contributed by atoms with van der Waals surface area (Å²) in [6.07, 6.45) is 0.889. The molecule has 0 saturated carbocycles. The molecule has 0 aliphatic carbocycles. The van der Waals surface area contributed by atoms with Gasteiger partial charge >= 0.3 is 0 Å². The second-order valence-corrected chi connectivity index (χ2v) is 11.3. The highest BCUT2D eigenvalue weighted by Gasteiger charge is 2.25. The largest absolute Gasteiger partial charge is 0.519 e. The van der Waals surface area contributed by atoms with Crippen LogP contribution in [0.15, 0.2) is 36.3 Å². The van der Waals surface area contributed by atoms with Gasteiger partial charge in [0, 0.05) is 5.57 Å². The van der Waals surface area contributed by atoms with Gasteiger partial charge in [0.2, 0.25) is 8.32 Å². The normalized spacial score (nSPS) is 13.8. The Kier molecular flexibility index (Phi) is 5.46. The summed E-state index contributed by atoms with van der Waals surface area (Å²) in [6, 6.07) is 10.3. The Hall–Kier alpha value is -1.22. The first kappa shape index (κ1) is 16.8. The van der Waals surface area contributed by atoms with Crippen LogP contribution in [0.4, 0.5) is 0 Å². The lowest BCUT2D eigenvalue weighted by molar-refractivity contribution is -0.00691. The molecule has 2 nitrogen and oxygen atoms in total. The fourth-order valence-electron chi connectivity index (χ4n) is 1.81. The quantitative estimate of drug-likeness (QED) is 0.532. The number of allylic oxidation sites excluding steroid dienone is 1. The molecule has 1 aromatic carbocycles. The van der Waals surface area contributed by atoms with E-state index in [1.54, 1.807) is 0 Å². The molecule has 0 N–H and O–H groups in total. The van der Waals surface area contributed by atoms with E-state index in [-0.39, 0.29) is 5.60 Å². The maximum atomic E-state index is 6.22. The Labute approximate surface area is 124 Å². The third-order valence-corrected chi connectivity index (χ3v) is 3.32. The van der Waals surface area contributed by atoms with Crippen molar-refractivity contribution in [1.29, 1.82) is 0 Å². The van der Waals surface area contributed by atoms with Gasteiger partial charge in [0.1, 0.15) is 5.60 Å². The highest BCUT2D eigenvalue weighted by Crippen LogP contribution is 2.29. The van der Waals surface area contributed by atoms with Crippen LogP contribution in [0.25, 0.3) is 5.57 Å². The Morgan fingerprint density at radius 3 is 2.00 bits per heavy atom. The molecule has 20 heavy (non-hydrogen) atoms. The van der Waals surface area contributed by atoms with Gasteiger partial charge in [0.15, 0.2) is 0 Å². The fraction of sp³-hybridized carbons (Fsp3) is 0.529. The van der Waals surface area contributed by atoms with Crippen molar-refractivity contribution in [3.8, 4) is 0 Å². The van der Waals surface area contributed by atoms with Crippen LogP contribution in [0.5, 0.6) is 0 Å². The summed E-state index contributed by atoms with van der Waals surface area (Å²) >= 11 is 0. The minimum atomic E-state index is -1.71. The molecule has 0 amide bonds. The van der Waals surface area contributed by atoms with Gasteiger partial charge in [-0.15, -0.1) is 0 Å². The molecule has 0 bridgehead atoms. The average Bonchev–Trinajstić information content (AvgIpc) is 2.26. The second-order valence-electron chi connectivity index (χ2n) is 6.91. The molecule has 0 fully saturated rings. The minimum Gasteiger partial charge on any atom is -0.519 e. The maximum Gasteiger partial charge on any atom is 0.269 e. The zero-order valence-corrected chi connectivity index (χ0v) is 14.9. The lowest BCUT2D eigenvalue weighted by atomic mass is 10.0. The number of ether oxygens (including phenoxy) is 1. The van der Waals surface area contributed by atoms with E-state index in [4.69, 9.17) is 9.16 Å². The van der Waals surface area contributed by atoms with Gasteiger partial charge in [-0.3, -0.25) is 0 Å². The van der Waals surface area contributed by atoms with Crippen molar-refractivity contribution in [2.24, 2.45) is 0 Å². The third-order valence-electron chi connectivity index (χ3n) is 2.52. The summed E-state index contributed by atoms with van der Waals surface area (Å²) in [5.74, 6) is 0.699.